The number of nitrogens with zero attached hydrogens (tertiary/aromatic N) is 4. The van der Waals surface area contributed by atoms with Gasteiger partial charge < -0.3 is 21.3 Å². The zero-order valence-corrected chi connectivity index (χ0v) is 38.4. The van der Waals surface area contributed by atoms with Crippen LogP contribution >= 0.6 is 22.7 Å². The van der Waals surface area contributed by atoms with Crippen molar-refractivity contribution in [2.24, 2.45) is 0 Å². The highest BCUT2D eigenvalue weighted by molar-refractivity contribution is 7.16. The monoisotopic (exact) mass is 922 g/mol. The fraction of sp³-hybridized carbons (Fsp3) is 0.289. The number of pyridine rings is 2. The molecule has 4 heterocycles. The summed E-state index contributed by atoms with van der Waals surface area (Å²) in [4.78, 5) is 69.7. The van der Waals surface area contributed by atoms with Gasteiger partial charge in [-0.15, -0.1) is 22.7 Å². The lowest BCUT2D eigenvalue weighted by Crippen LogP contribution is -2.38. The van der Waals surface area contributed by atoms with Gasteiger partial charge in [0.05, 0.1) is 19.4 Å². The van der Waals surface area contributed by atoms with Gasteiger partial charge in [0.25, 0.3) is 0 Å². The number of amides is 6. The SMILES string of the molecule is CC1(c2ccc(F)c(NC(=O)Nc3ncc(CCc4ccnc(NC(=O)CCC(=O)Nc5cc(CCc6cnc(NC(=O)Nc7cc([Si](C)(C)C)ccc7F)s6)ccn5)c4)s3)c2)CC1. The van der Waals surface area contributed by atoms with Crippen molar-refractivity contribution >= 4 is 93.1 Å². The van der Waals surface area contributed by atoms with Crippen LogP contribution in [0, 0.1) is 11.6 Å². The molecule has 1 aliphatic carbocycles. The van der Waals surface area contributed by atoms with Crippen LogP contribution in [-0.2, 0) is 40.7 Å². The van der Waals surface area contributed by atoms with E-state index in [1.165, 1.54) is 34.8 Å². The van der Waals surface area contributed by atoms with Crippen molar-refractivity contribution in [2.45, 2.75) is 83.3 Å². The van der Waals surface area contributed by atoms with Gasteiger partial charge in [-0.25, -0.2) is 38.3 Å². The number of nitrogens with one attached hydrogen (secondary N) is 6. The van der Waals surface area contributed by atoms with E-state index < -0.39 is 31.8 Å². The minimum Gasteiger partial charge on any atom is -0.311 e. The molecule has 332 valence electrons. The van der Waals surface area contributed by atoms with E-state index in [2.05, 4.69) is 78.4 Å². The molecule has 6 N–H and O–H groups in total. The van der Waals surface area contributed by atoms with Gasteiger partial charge in [0.15, 0.2) is 10.3 Å². The van der Waals surface area contributed by atoms with Crippen LogP contribution in [0.15, 0.2) is 85.5 Å². The molecule has 0 bridgehead atoms. The molecule has 0 saturated heterocycles. The molecule has 14 nitrogen and oxygen atoms in total. The Hall–Kier alpha value is -6.44. The number of hydrogen-bond donors (Lipinski definition) is 6. The van der Waals surface area contributed by atoms with Gasteiger partial charge in [0, 0.05) is 47.4 Å². The number of anilines is 6. The average Bonchev–Trinajstić information content (AvgIpc) is 3.59. The topological polar surface area (TPSA) is 192 Å². The Labute approximate surface area is 378 Å². The third-order valence-corrected chi connectivity index (χ3v) is 14.6. The number of carbonyl (C=O) groups is 4. The van der Waals surface area contributed by atoms with Gasteiger partial charge >= 0.3 is 12.1 Å². The first-order chi connectivity index (χ1) is 30.6. The fourth-order valence-electron chi connectivity index (χ4n) is 6.59. The lowest BCUT2D eigenvalue weighted by Gasteiger charge is -2.18. The van der Waals surface area contributed by atoms with E-state index in [9.17, 15) is 28.0 Å². The summed E-state index contributed by atoms with van der Waals surface area (Å²) in [5.41, 5.74) is 3.11. The summed E-state index contributed by atoms with van der Waals surface area (Å²) in [6.07, 6.45) is 10.9. The zero-order chi connectivity index (χ0) is 45.4. The van der Waals surface area contributed by atoms with E-state index in [1.807, 2.05) is 12.1 Å². The van der Waals surface area contributed by atoms with Gasteiger partial charge in [-0.2, -0.15) is 0 Å². The van der Waals surface area contributed by atoms with Crippen LogP contribution in [0.1, 0.15) is 59.1 Å². The van der Waals surface area contributed by atoms with Gasteiger partial charge in [-0.1, -0.05) is 43.9 Å². The summed E-state index contributed by atoms with van der Waals surface area (Å²) in [5, 5.41) is 17.8. The minimum absolute atomic E-state index is 0.0370. The number of rotatable bonds is 17. The summed E-state index contributed by atoms with van der Waals surface area (Å²) >= 11 is 2.63. The molecular formula is C45H48F2N10O4S2Si. The predicted octanol–water partition coefficient (Wildman–Crippen LogP) is 9.48. The fourth-order valence-corrected chi connectivity index (χ4v) is 9.37. The van der Waals surface area contributed by atoms with Gasteiger partial charge in [0.2, 0.25) is 11.8 Å². The molecule has 0 atom stereocenters. The van der Waals surface area contributed by atoms with Crippen molar-refractivity contribution in [3.63, 3.8) is 0 Å². The van der Waals surface area contributed by atoms with Crippen LogP contribution in [0.25, 0.3) is 0 Å². The van der Waals surface area contributed by atoms with Crippen molar-refractivity contribution in [1.82, 2.24) is 19.9 Å². The quantitative estimate of drug-likeness (QED) is 0.0487. The summed E-state index contributed by atoms with van der Waals surface area (Å²) < 4.78 is 28.8. The Kier molecular flexibility index (Phi) is 14.2. The molecular weight excluding hydrogens is 875 g/mol. The normalized spacial score (nSPS) is 12.8. The third-order valence-electron chi connectivity index (χ3n) is 10.6. The van der Waals surface area contributed by atoms with E-state index in [4.69, 9.17) is 0 Å². The highest BCUT2D eigenvalue weighted by atomic mass is 32.1. The molecule has 7 rings (SSSR count). The number of benzene rings is 2. The van der Waals surface area contributed by atoms with E-state index in [1.54, 1.807) is 61.2 Å². The van der Waals surface area contributed by atoms with Gasteiger partial charge in [-0.3, -0.25) is 20.2 Å². The molecule has 1 aliphatic rings. The molecule has 4 aromatic heterocycles. The van der Waals surface area contributed by atoms with Crippen molar-refractivity contribution in [2.75, 3.05) is 31.9 Å². The van der Waals surface area contributed by atoms with Crippen LogP contribution in [0.4, 0.5) is 51.6 Å². The number of urea groups is 2. The number of halogens is 2. The molecule has 64 heavy (non-hydrogen) atoms. The Bertz CT molecular complexity index is 2510. The van der Waals surface area contributed by atoms with Crippen molar-refractivity contribution in [3.8, 4) is 0 Å². The van der Waals surface area contributed by atoms with E-state index in [-0.39, 0.29) is 41.4 Å². The second-order valence-corrected chi connectivity index (χ2v) is 24.1. The molecule has 1 saturated carbocycles. The number of aromatic nitrogens is 4. The highest BCUT2D eigenvalue weighted by Crippen LogP contribution is 2.48. The van der Waals surface area contributed by atoms with Crippen LogP contribution < -0.4 is 37.1 Å². The molecule has 2 aromatic carbocycles. The average molecular weight is 923 g/mol. The maximum atomic E-state index is 14.4. The Morgan fingerprint density at radius 2 is 1.09 bits per heavy atom. The maximum Gasteiger partial charge on any atom is 0.325 e. The van der Waals surface area contributed by atoms with Crippen molar-refractivity contribution < 1.29 is 28.0 Å². The molecule has 6 aromatic rings. The Morgan fingerprint density at radius 1 is 0.609 bits per heavy atom. The number of aryl methyl sites for hydroxylation is 4. The molecule has 19 heteroatoms. The Balaban J connectivity index is 0.807. The van der Waals surface area contributed by atoms with Gasteiger partial charge in [0.1, 0.15) is 23.3 Å². The smallest absolute Gasteiger partial charge is 0.311 e. The standard InChI is InChI=1S/C45H48F2N10O4S2Si/c1-45(17-18-45)29-7-11-33(46)35(23-29)52-41(60)56-43-50-25-30(62-43)8-5-27-15-19-48-37(21-27)54-39(58)13-14-40(59)55-38-22-28(16-20-49-38)6-9-31-26-51-44(63-31)57-42(61)53-36-24-32(64(2,3)4)10-12-34(36)47/h7,10-12,15-16,19-26H,5-6,8-9,13-14,17-18H2,1-4H3,(H,48,54,58)(H,49,55,59)(H2,50,52,56,60)(H2,51,53,57,61). The van der Waals surface area contributed by atoms with Gasteiger partial charge in [-0.05, 0) is 109 Å². The third kappa shape index (κ3) is 12.8. The predicted molar refractivity (Wildman–Crippen MR) is 252 cm³/mol. The first-order valence-electron chi connectivity index (χ1n) is 20.7. The summed E-state index contributed by atoms with van der Waals surface area (Å²) in [7, 11) is -1.70. The first kappa shape index (κ1) is 45.6. The maximum absolute atomic E-state index is 14.4. The van der Waals surface area contributed by atoms with Crippen molar-refractivity contribution in [1.29, 1.82) is 0 Å². The molecule has 0 spiro atoms. The van der Waals surface area contributed by atoms with E-state index in [0.717, 1.165) is 44.5 Å². The second kappa shape index (κ2) is 19.9. The highest BCUT2D eigenvalue weighted by Gasteiger charge is 2.39. The van der Waals surface area contributed by atoms with E-state index in [0.29, 0.717) is 47.6 Å². The van der Waals surface area contributed by atoms with Crippen LogP contribution in [0.3, 0.4) is 0 Å². The lowest BCUT2D eigenvalue weighted by atomic mass is 9.98. The number of hydrogen-bond acceptors (Lipinski definition) is 10. The largest absolute Gasteiger partial charge is 0.325 e. The van der Waals surface area contributed by atoms with Crippen molar-refractivity contribution in [3.05, 3.63) is 124 Å². The van der Waals surface area contributed by atoms with Crippen LogP contribution in [0.5, 0.6) is 0 Å². The molecule has 0 aliphatic heterocycles. The molecule has 1 fully saturated rings. The Morgan fingerprint density at radius 3 is 1.58 bits per heavy atom. The molecule has 0 radical (unpaired) electrons. The van der Waals surface area contributed by atoms with Crippen LogP contribution in [-0.4, -0.2) is 51.9 Å². The summed E-state index contributed by atoms with van der Waals surface area (Å²) in [6.45, 7) is 8.55. The lowest BCUT2D eigenvalue weighted by molar-refractivity contribution is -0.121. The molecule has 0 unspecified atom stereocenters. The molecule has 6 amide bonds. The first-order valence-corrected chi connectivity index (χ1v) is 25.9. The summed E-state index contributed by atoms with van der Waals surface area (Å²) in [6, 6.07) is 15.7. The number of thiazole rings is 2. The summed E-state index contributed by atoms with van der Waals surface area (Å²) in [5.74, 6) is -1.04. The second-order valence-electron chi connectivity index (χ2n) is 16.8. The van der Waals surface area contributed by atoms with Crippen LogP contribution in [0.2, 0.25) is 19.6 Å². The van der Waals surface area contributed by atoms with E-state index >= 15 is 0 Å². The zero-order valence-electron chi connectivity index (χ0n) is 35.7. The minimum atomic E-state index is -1.70. The number of carbonyl (C=O) groups excluding carboxylic acids is 4.